The monoisotopic (exact) mass is 1180 g/mol. The lowest BCUT2D eigenvalue weighted by atomic mass is 9.83. The van der Waals surface area contributed by atoms with Crippen LogP contribution >= 0.6 is 0 Å². The van der Waals surface area contributed by atoms with Gasteiger partial charge in [0.2, 0.25) is 35.4 Å². The van der Waals surface area contributed by atoms with E-state index in [0.29, 0.717) is 75.7 Å². The van der Waals surface area contributed by atoms with Crippen molar-refractivity contribution in [3.63, 3.8) is 0 Å². The van der Waals surface area contributed by atoms with Crippen LogP contribution in [0.15, 0.2) is 36.4 Å². The number of likely N-dealkylation sites (tertiary alicyclic amines) is 2. The Morgan fingerprint density at radius 3 is 1.36 bits per heavy atom. The molecule has 0 radical (unpaired) electrons. The number of rotatable bonds is 16. The first kappa shape index (κ1) is 64.3. The molecule has 4 fully saturated rings. The van der Waals surface area contributed by atoms with Gasteiger partial charge >= 0.3 is 12.2 Å². The van der Waals surface area contributed by atoms with E-state index in [2.05, 4.69) is 26.6 Å². The summed E-state index contributed by atoms with van der Waals surface area (Å²) >= 11 is 0. The van der Waals surface area contributed by atoms with Crippen LogP contribution in [-0.4, -0.2) is 148 Å². The minimum atomic E-state index is -0.918. The molecule has 2 saturated heterocycles. The Hall–Kier alpha value is -6.73. The van der Waals surface area contributed by atoms with Crippen molar-refractivity contribution in [2.45, 2.75) is 243 Å². The molecule has 9 amide bonds. The highest BCUT2D eigenvalue weighted by Crippen LogP contribution is 2.38. The Morgan fingerprint density at radius 2 is 0.929 bits per heavy atom. The van der Waals surface area contributed by atoms with Crippen LogP contribution < -0.4 is 26.6 Å². The zero-order chi connectivity index (χ0) is 61.5. The Kier molecular flexibility index (Phi) is 21.0. The summed E-state index contributed by atoms with van der Waals surface area (Å²) in [6, 6.07) is 5.52. The third kappa shape index (κ3) is 15.6. The van der Waals surface area contributed by atoms with Crippen LogP contribution in [0, 0.1) is 11.8 Å². The van der Waals surface area contributed by atoms with E-state index in [1.807, 2.05) is 36.4 Å². The molecule has 2 aromatic rings. The SMILES string of the molecule is C[C@@H](C(=O)N[C@H](C(=O)N1CCC[C@H]1C(=O)N[C@@H]1CCCc2c(NC(=O)c3cccc4c3CCC[C@H]4NC(=O)[C@@H]3CCCN3C(=O)[C@@H](NC(=O)[C@H](C)N(C)C(=O)OC(C)(C)C)C3CCCCC3)cccc21)C1CCCCC1)N(C)C(=O)OC(C)(C)C. The lowest BCUT2D eigenvalue weighted by Crippen LogP contribution is -2.59. The Bertz CT molecular complexity index is 2800. The summed E-state index contributed by atoms with van der Waals surface area (Å²) in [5.41, 5.74) is 3.16. The van der Waals surface area contributed by atoms with Crippen molar-refractivity contribution in [2.24, 2.45) is 11.8 Å². The summed E-state index contributed by atoms with van der Waals surface area (Å²) in [6.07, 6.45) is 13.8. The molecule has 20 heteroatoms. The minimum absolute atomic E-state index is 0.115. The number of hydrogen-bond acceptors (Lipinski definition) is 11. The standard InChI is InChI=1S/C65H95N9O11/c1-39(71(9)62(82)84-64(3,4)5)55(75)69-53(41-23-13-11-14-24-41)60(80)73-37-21-35-51(73)58(78)67-48-32-18-27-43-44(48)28-17-31-47(43)57(77)66-49-33-19-30-46-45(49)29-20-34-50(46)68-59(79)52-36-22-38-74(52)61(81)54(42-25-15-12-16-26-42)70-56(76)40(2)72(10)63(83)85-65(6,7)8/h17,19,28,30-31,33,39-42,48,50-54H,11-16,18,20-27,29,32,34-38H2,1-10H3,(H,66,77)(H,67,78)(H,68,79)(H,69,75)(H,70,76)/t39-,40-,48+,50+,51-,52-,53-,54-/m0/s1. The molecule has 8 atom stereocenters. The molecule has 6 aliphatic rings. The molecule has 466 valence electrons. The number of carbonyl (C=O) groups is 9. The van der Waals surface area contributed by atoms with Crippen LogP contribution in [0.3, 0.4) is 0 Å². The van der Waals surface area contributed by atoms with Gasteiger partial charge in [-0.2, -0.15) is 0 Å². The molecule has 2 saturated carbocycles. The third-order valence-electron chi connectivity index (χ3n) is 18.5. The van der Waals surface area contributed by atoms with E-state index in [0.717, 1.165) is 99.3 Å². The van der Waals surface area contributed by atoms with Crippen LogP contribution in [0.4, 0.5) is 15.3 Å². The number of nitrogens with zero attached hydrogens (tertiary/aromatic N) is 4. The fourth-order valence-corrected chi connectivity index (χ4v) is 13.6. The van der Waals surface area contributed by atoms with Crippen LogP contribution in [0.2, 0.25) is 0 Å². The van der Waals surface area contributed by atoms with Gasteiger partial charge in [-0.25, -0.2) is 9.59 Å². The summed E-state index contributed by atoms with van der Waals surface area (Å²) in [5, 5.41) is 15.8. The molecule has 2 aromatic carbocycles. The highest BCUT2D eigenvalue weighted by Gasteiger charge is 2.45. The number of benzene rings is 2. The molecule has 2 heterocycles. The highest BCUT2D eigenvalue weighted by atomic mass is 16.6. The van der Waals surface area contributed by atoms with Gasteiger partial charge in [0.25, 0.3) is 5.91 Å². The lowest BCUT2D eigenvalue weighted by Gasteiger charge is -2.36. The van der Waals surface area contributed by atoms with Gasteiger partial charge in [0.05, 0.1) is 12.1 Å². The first-order valence-electron chi connectivity index (χ1n) is 31.6. The number of likely N-dealkylation sites (N-methyl/N-ethyl adjacent to an activating group) is 2. The van der Waals surface area contributed by atoms with E-state index in [-0.39, 0.29) is 47.4 Å². The molecule has 0 unspecified atom stereocenters. The van der Waals surface area contributed by atoms with Crippen LogP contribution in [-0.2, 0) is 51.1 Å². The molecule has 20 nitrogen and oxygen atoms in total. The zero-order valence-corrected chi connectivity index (χ0v) is 52.1. The van der Waals surface area contributed by atoms with E-state index < -0.39 is 77.5 Å². The van der Waals surface area contributed by atoms with E-state index in [1.165, 1.54) is 23.9 Å². The van der Waals surface area contributed by atoms with Crippen molar-refractivity contribution in [3.05, 3.63) is 64.2 Å². The van der Waals surface area contributed by atoms with Gasteiger partial charge in [-0.15, -0.1) is 0 Å². The van der Waals surface area contributed by atoms with E-state index in [9.17, 15) is 43.2 Å². The van der Waals surface area contributed by atoms with Gasteiger partial charge in [-0.1, -0.05) is 62.8 Å². The fraction of sp³-hybridized carbons (Fsp3) is 0.677. The molecule has 0 bridgehead atoms. The normalized spacial score (nSPS) is 22.5. The van der Waals surface area contributed by atoms with Gasteiger partial charge < -0.3 is 45.9 Å². The predicted molar refractivity (Wildman–Crippen MR) is 322 cm³/mol. The summed E-state index contributed by atoms with van der Waals surface area (Å²) < 4.78 is 11.0. The largest absolute Gasteiger partial charge is 0.444 e. The Balaban J connectivity index is 0.918. The second-order valence-electron chi connectivity index (χ2n) is 26.8. The molecular formula is C65H95N9O11. The number of ether oxygens (including phenoxy) is 2. The van der Waals surface area contributed by atoms with Gasteiger partial charge in [-0.3, -0.25) is 43.4 Å². The van der Waals surface area contributed by atoms with Crippen molar-refractivity contribution >= 4 is 59.2 Å². The number of anilines is 1. The fourth-order valence-electron chi connectivity index (χ4n) is 13.6. The molecule has 0 spiro atoms. The first-order chi connectivity index (χ1) is 40.3. The number of amides is 9. The second kappa shape index (κ2) is 27.8. The maximum Gasteiger partial charge on any atom is 0.410 e. The van der Waals surface area contributed by atoms with E-state index in [4.69, 9.17) is 9.47 Å². The molecule has 4 aliphatic carbocycles. The van der Waals surface area contributed by atoms with Gasteiger partial charge in [0.15, 0.2) is 0 Å². The van der Waals surface area contributed by atoms with Crippen LogP contribution in [0.25, 0.3) is 0 Å². The molecule has 5 N–H and O–H groups in total. The topological polar surface area (TPSA) is 245 Å². The Labute approximate surface area is 502 Å². The first-order valence-corrected chi connectivity index (χ1v) is 31.6. The van der Waals surface area contributed by atoms with E-state index >= 15 is 0 Å². The quantitative estimate of drug-likeness (QED) is 0.107. The Morgan fingerprint density at radius 1 is 0.518 bits per heavy atom. The molecule has 8 rings (SSSR count). The maximum atomic E-state index is 14.7. The average Bonchev–Trinajstić information content (AvgIpc) is 2.49. The predicted octanol–water partition coefficient (Wildman–Crippen LogP) is 8.55. The lowest BCUT2D eigenvalue weighted by molar-refractivity contribution is -0.143. The molecule has 85 heavy (non-hydrogen) atoms. The zero-order valence-electron chi connectivity index (χ0n) is 52.1. The van der Waals surface area contributed by atoms with Crippen molar-refractivity contribution in [1.29, 1.82) is 0 Å². The summed E-state index contributed by atoms with van der Waals surface area (Å²) in [7, 11) is 3.01. The maximum absolute atomic E-state index is 14.7. The van der Waals surface area contributed by atoms with Gasteiger partial charge in [0.1, 0.15) is 47.5 Å². The van der Waals surface area contributed by atoms with Crippen LogP contribution in [0.1, 0.15) is 216 Å². The van der Waals surface area contributed by atoms with Crippen molar-refractivity contribution < 1.29 is 52.6 Å². The molecule has 2 aliphatic heterocycles. The smallest absolute Gasteiger partial charge is 0.410 e. The number of fused-ring (bicyclic) bond motifs is 2. The van der Waals surface area contributed by atoms with Crippen LogP contribution in [0.5, 0.6) is 0 Å². The number of hydrogen-bond donors (Lipinski definition) is 5. The number of carbonyl (C=O) groups excluding carboxylic acids is 9. The average molecular weight is 1180 g/mol. The summed E-state index contributed by atoms with van der Waals surface area (Å²) in [4.78, 5) is 132. The van der Waals surface area contributed by atoms with Gasteiger partial charge in [0, 0.05) is 38.4 Å². The molecule has 0 aromatic heterocycles. The number of nitrogens with one attached hydrogen (secondary N) is 5. The highest BCUT2D eigenvalue weighted by molar-refractivity contribution is 6.06. The molecular weight excluding hydrogens is 1080 g/mol. The summed E-state index contributed by atoms with van der Waals surface area (Å²) in [6.45, 7) is 14.5. The van der Waals surface area contributed by atoms with Crippen molar-refractivity contribution in [1.82, 2.24) is 40.9 Å². The van der Waals surface area contributed by atoms with Crippen molar-refractivity contribution in [3.8, 4) is 0 Å². The van der Waals surface area contributed by atoms with Gasteiger partial charge in [-0.05, 0) is 192 Å². The van der Waals surface area contributed by atoms with Crippen molar-refractivity contribution in [2.75, 3.05) is 32.5 Å². The van der Waals surface area contributed by atoms with E-state index in [1.54, 1.807) is 65.2 Å². The minimum Gasteiger partial charge on any atom is -0.444 e. The third-order valence-corrected chi connectivity index (χ3v) is 18.5. The summed E-state index contributed by atoms with van der Waals surface area (Å²) in [5.74, 6) is -2.59. The second-order valence-corrected chi connectivity index (χ2v) is 26.8.